The highest BCUT2D eigenvalue weighted by atomic mass is 19.4. The van der Waals surface area contributed by atoms with Crippen LogP contribution in [0.25, 0.3) is 0 Å². The molecular weight excluding hydrogens is 237 g/mol. The zero-order valence-corrected chi connectivity index (χ0v) is 9.43. The molecule has 0 aromatic carbocycles. The van der Waals surface area contributed by atoms with Crippen LogP contribution in [0.3, 0.4) is 0 Å². The summed E-state index contributed by atoms with van der Waals surface area (Å²) in [7, 11) is 0. The molecular formula is C9H13F3N4O. The van der Waals surface area contributed by atoms with Gasteiger partial charge in [0, 0.05) is 13.5 Å². The SMILES string of the molecule is CC(=O)N1CC(=N)N(C(=N)C(F)(F)F)C(C)C1. The minimum Gasteiger partial charge on any atom is -0.333 e. The average Bonchev–Trinajstić information content (AvgIpc) is 2.14. The van der Waals surface area contributed by atoms with Crippen LogP contribution in [0.5, 0.6) is 0 Å². The summed E-state index contributed by atoms with van der Waals surface area (Å²) in [6.07, 6.45) is -4.78. The van der Waals surface area contributed by atoms with Crippen LogP contribution in [0.2, 0.25) is 0 Å². The first-order valence-electron chi connectivity index (χ1n) is 4.92. The molecule has 1 saturated heterocycles. The molecule has 8 heteroatoms. The van der Waals surface area contributed by atoms with Gasteiger partial charge in [-0.2, -0.15) is 13.2 Å². The van der Waals surface area contributed by atoms with Crippen LogP contribution in [0.4, 0.5) is 13.2 Å². The van der Waals surface area contributed by atoms with Gasteiger partial charge in [0.2, 0.25) is 11.7 Å². The van der Waals surface area contributed by atoms with Crippen molar-refractivity contribution in [2.24, 2.45) is 0 Å². The van der Waals surface area contributed by atoms with Gasteiger partial charge < -0.3 is 9.80 Å². The Morgan fingerprint density at radius 1 is 1.47 bits per heavy atom. The number of nitrogens with one attached hydrogen (secondary N) is 2. The number of rotatable bonds is 0. The van der Waals surface area contributed by atoms with E-state index in [1.165, 1.54) is 18.7 Å². The highest BCUT2D eigenvalue weighted by Crippen LogP contribution is 2.23. The summed E-state index contributed by atoms with van der Waals surface area (Å²) in [5.41, 5.74) is 0. The zero-order valence-electron chi connectivity index (χ0n) is 9.43. The molecule has 1 heterocycles. The summed E-state index contributed by atoms with van der Waals surface area (Å²) in [5.74, 6) is -2.24. The van der Waals surface area contributed by atoms with Gasteiger partial charge in [-0.3, -0.25) is 15.6 Å². The van der Waals surface area contributed by atoms with E-state index in [-0.39, 0.29) is 24.8 Å². The molecule has 1 fully saturated rings. The number of hydrogen-bond donors (Lipinski definition) is 2. The van der Waals surface area contributed by atoms with Gasteiger partial charge in [-0.25, -0.2) is 0 Å². The first-order chi connectivity index (χ1) is 7.64. The lowest BCUT2D eigenvalue weighted by molar-refractivity contribution is -0.129. The van der Waals surface area contributed by atoms with E-state index in [1.807, 2.05) is 0 Å². The van der Waals surface area contributed by atoms with Gasteiger partial charge in [-0.15, -0.1) is 0 Å². The normalized spacial score (nSPS) is 21.7. The van der Waals surface area contributed by atoms with Crippen LogP contribution in [0.1, 0.15) is 13.8 Å². The van der Waals surface area contributed by atoms with Crippen LogP contribution < -0.4 is 0 Å². The predicted octanol–water partition coefficient (Wildman–Crippen LogP) is 1.06. The van der Waals surface area contributed by atoms with E-state index in [1.54, 1.807) is 0 Å². The van der Waals surface area contributed by atoms with Crippen molar-refractivity contribution in [1.29, 1.82) is 10.8 Å². The molecule has 2 N–H and O–H groups in total. The van der Waals surface area contributed by atoms with Crippen molar-refractivity contribution in [2.45, 2.75) is 26.1 Å². The lowest BCUT2D eigenvalue weighted by atomic mass is 10.1. The Bertz CT molecular complexity index is 366. The maximum atomic E-state index is 12.4. The van der Waals surface area contributed by atoms with Crippen molar-refractivity contribution in [2.75, 3.05) is 13.1 Å². The molecule has 5 nitrogen and oxygen atoms in total. The summed E-state index contributed by atoms with van der Waals surface area (Å²) in [4.78, 5) is 13.0. The fourth-order valence-corrected chi connectivity index (χ4v) is 1.72. The van der Waals surface area contributed by atoms with E-state index in [9.17, 15) is 18.0 Å². The van der Waals surface area contributed by atoms with E-state index in [4.69, 9.17) is 10.8 Å². The van der Waals surface area contributed by atoms with Crippen molar-refractivity contribution < 1.29 is 18.0 Å². The Morgan fingerprint density at radius 3 is 2.35 bits per heavy atom. The third-order valence-electron chi connectivity index (χ3n) is 2.51. The summed E-state index contributed by atoms with van der Waals surface area (Å²) >= 11 is 0. The average molecular weight is 250 g/mol. The van der Waals surface area contributed by atoms with Gasteiger partial charge in [0.1, 0.15) is 5.84 Å². The highest BCUT2D eigenvalue weighted by Gasteiger charge is 2.43. The Kier molecular flexibility index (Phi) is 3.44. The molecule has 1 atom stereocenters. The molecule has 17 heavy (non-hydrogen) atoms. The summed E-state index contributed by atoms with van der Waals surface area (Å²) < 4.78 is 37.2. The second kappa shape index (κ2) is 4.34. The van der Waals surface area contributed by atoms with Crippen molar-refractivity contribution in [3.05, 3.63) is 0 Å². The molecule has 0 spiro atoms. The van der Waals surface area contributed by atoms with Crippen LogP contribution in [-0.4, -0.2) is 52.7 Å². The quantitative estimate of drug-likeness (QED) is 0.498. The van der Waals surface area contributed by atoms with Crippen molar-refractivity contribution in [1.82, 2.24) is 9.80 Å². The van der Waals surface area contributed by atoms with Gasteiger partial charge in [0.25, 0.3) is 0 Å². The first kappa shape index (κ1) is 13.5. The third-order valence-corrected chi connectivity index (χ3v) is 2.51. The minimum atomic E-state index is -4.78. The molecule has 0 radical (unpaired) electrons. The Hall–Kier alpha value is -1.60. The number of alkyl halides is 3. The van der Waals surface area contributed by atoms with Crippen molar-refractivity contribution in [3.8, 4) is 0 Å². The summed E-state index contributed by atoms with van der Waals surface area (Å²) in [5, 5.41) is 14.5. The fraction of sp³-hybridized carbons (Fsp3) is 0.667. The molecule has 1 aliphatic rings. The molecule has 0 aromatic heterocycles. The molecule has 0 bridgehead atoms. The number of carbonyl (C=O) groups excluding carboxylic acids is 1. The van der Waals surface area contributed by atoms with E-state index in [0.717, 1.165) is 0 Å². The van der Waals surface area contributed by atoms with Crippen LogP contribution >= 0.6 is 0 Å². The Morgan fingerprint density at radius 2 is 2.00 bits per heavy atom. The number of nitrogens with zero attached hydrogens (tertiary/aromatic N) is 2. The molecule has 1 amide bonds. The molecule has 1 aliphatic heterocycles. The second-order valence-electron chi connectivity index (χ2n) is 3.91. The monoisotopic (exact) mass is 250 g/mol. The van der Waals surface area contributed by atoms with Crippen LogP contribution in [-0.2, 0) is 4.79 Å². The van der Waals surface area contributed by atoms with Crippen molar-refractivity contribution in [3.63, 3.8) is 0 Å². The lowest BCUT2D eigenvalue weighted by Gasteiger charge is -2.41. The number of piperazine rings is 1. The van der Waals surface area contributed by atoms with Gasteiger partial charge >= 0.3 is 6.18 Å². The van der Waals surface area contributed by atoms with Crippen LogP contribution in [0, 0.1) is 10.8 Å². The Labute approximate surface area is 96.2 Å². The molecule has 0 saturated carbocycles. The zero-order chi connectivity index (χ0) is 13.4. The van der Waals surface area contributed by atoms with E-state index < -0.39 is 18.1 Å². The van der Waals surface area contributed by atoms with Crippen molar-refractivity contribution >= 4 is 17.6 Å². The molecule has 1 rings (SSSR count). The predicted molar refractivity (Wildman–Crippen MR) is 55.1 cm³/mol. The smallest absolute Gasteiger partial charge is 0.333 e. The number of carbonyl (C=O) groups is 1. The number of amidine groups is 2. The van der Waals surface area contributed by atoms with Gasteiger partial charge in [0.15, 0.2) is 0 Å². The second-order valence-corrected chi connectivity index (χ2v) is 3.91. The highest BCUT2D eigenvalue weighted by molar-refractivity contribution is 6.03. The minimum absolute atomic E-state index is 0.0795. The number of hydrogen-bond acceptors (Lipinski definition) is 3. The van der Waals surface area contributed by atoms with E-state index >= 15 is 0 Å². The molecule has 1 unspecified atom stereocenters. The number of amides is 1. The van der Waals surface area contributed by atoms with Crippen LogP contribution in [0.15, 0.2) is 0 Å². The maximum absolute atomic E-state index is 12.4. The Balaban J connectivity index is 2.88. The largest absolute Gasteiger partial charge is 0.449 e. The van der Waals surface area contributed by atoms with E-state index in [0.29, 0.717) is 4.90 Å². The fourth-order valence-electron chi connectivity index (χ4n) is 1.72. The molecule has 96 valence electrons. The van der Waals surface area contributed by atoms with Gasteiger partial charge in [-0.1, -0.05) is 0 Å². The summed E-state index contributed by atoms with van der Waals surface area (Å²) in [6, 6.07) is -0.728. The maximum Gasteiger partial charge on any atom is 0.449 e. The van der Waals surface area contributed by atoms with Gasteiger partial charge in [0.05, 0.1) is 12.6 Å². The molecule has 0 aromatic rings. The van der Waals surface area contributed by atoms with Gasteiger partial charge in [-0.05, 0) is 6.92 Å². The summed E-state index contributed by atoms with van der Waals surface area (Å²) in [6.45, 7) is 2.63. The topological polar surface area (TPSA) is 71.2 Å². The third kappa shape index (κ3) is 2.75. The molecule has 0 aliphatic carbocycles. The first-order valence-corrected chi connectivity index (χ1v) is 4.92. The number of halogens is 3. The lowest BCUT2D eigenvalue weighted by Crippen LogP contribution is -2.60. The van der Waals surface area contributed by atoms with E-state index in [2.05, 4.69) is 0 Å². The standard InChI is InChI=1S/C9H13F3N4O/c1-5-3-15(6(2)17)4-7(13)16(5)8(14)9(10,11)12/h5,13-14H,3-4H2,1-2H3.